The van der Waals surface area contributed by atoms with Crippen LogP contribution in [0.3, 0.4) is 0 Å². The lowest BCUT2D eigenvalue weighted by molar-refractivity contribution is 0.111. The lowest BCUT2D eigenvalue weighted by atomic mass is 9.93. The molecule has 0 saturated heterocycles. The van der Waals surface area contributed by atoms with Crippen LogP contribution in [0.4, 0.5) is 4.39 Å². The molecule has 2 aromatic rings. The summed E-state index contributed by atoms with van der Waals surface area (Å²) in [5.41, 5.74) is 1.50. The van der Waals surface area contributed by atoms with E-state index in [4.69, 9.17) is 23.8 Å². The summed E-state index contributed by atoms with van der Waals surface area (Å²) in [5.74, 6) is -0.448. The first-order valence-electron chi connectivity index (χ1n) is 6.33. The average Bonchev–Trinajstić information content (AvgIpc) is 2.67. The van der Waals surface area contributed by atoms with E-state index in [1.54, 1.807) is 6.07 Å². The first kappa shape index (κ1) is 13.1. The highest BCUT2D eigenvalue weighted by atomic mass is 35.5. The molecule has 0 unspecified atom stereocenters. The highest BCUT2D eigenvalue weighted by Gasteiger charge is 2.23. The third kappa shape index (κ3) is 2.30. The molecule has 1 saturated carbocycles. The average molecular weight is 301 g/mol. The normalized spacial score (nSPS) is 23.9. The van der Waals surface area contributed by atoms with Crippen molar-refractivity contribution in [3.05, 3.63) is 27.7 Å². The van der Waals surface area contributed by atoms with Gasteiger partial charge >= 0.3 is 0 Å². The van der Waals surface area contributed by atoms with Crippen molar-refractivity contribution >= 4 is 34.9 Å². The van der Waals surface area contributed by atoms with Crippen molar-refractivity contribution in [2.24, 2.45) is 0 Å². The summed E-state index contributed by atoms with van der Waals surface area (Å²) in [6, 6.07) is 3.23. The molecular formula is C13H14ClFN2OS. The summed E-state index contributed by atoms with van der Waals surface area (Å²) >= 11 is 11.2. The standard InChI is InChI=1S/C13H14ClFN2OS/c14-9-5-12-11(6-10(9)15)16-13(19)17(12)7-1-3-8(18)4-2-7/h5-8,18H,1-4H2,(H,16,19). The Labute approximate surface area is 120 Å². The van der Waals surface area contributed by atoms with E-state index < -0.39 is 5.82 Å². The molecule has 0 aliphatic heterocycles. The van der Waals surface area contributed by atoms with Gasteiger partial charge in [0.1, 0.15) is 5.82 Å². The molecule has 3 rings (SSSR count). The van der Waals surface area contributed by atoms with Gasteiger partial charge in [0.15, 0.2) is 4.77 Å². The summed E-state index contributed by atoms with van der Waals surface area (Å²) < 4.78 is 16.0. The molecule has 1 fully saturated rings. The quantitative estimate of drug-likeness (QED) is 0.783. The molecule has 2 N–H and O–H groups in total. The molecule has 6 heteroatoms. The van der Waals surface area contributed by atoms with Gasteiger partial charge in [-0.25, -0.2) is 4.39 Å². The van der Waals surface area contributed by atoms with Crippen LogP contribution in [0.15, 0.2) is 12.1 Å². The third-order valence-corrected chi connectivity index (χ3v) is 4.38. The fraction of sp³-hybridized carbons (Fsp3) is 0.462. The van der Waals surface area contributed by atoms with Crippen LogP contribution in [0.5, 0.6) is 0 Å². The van der Waals surface area contributed by atoms with E-state index in [0.29, 0.717) is 10.3 Å². The highest BCUT2D eigenvalue weighted by Crippen LogP contribution is 2.33. The number of H-pyrrole nitrogens is 1. The Bertz CT molecular complexity index is 673. The molecule has 1 aliphatic carbocycles. The van der Waals surface area contributed by atoms with Crippen molar-refractivity contribution in [3.63, 3.8) is 0 Å². The fourth-order valence-electron chi connectivity index (χ4n) is 2.80. The molecule has 3 nitrogen and oxygen atoms in total. The molecular weight excluding hydrogens is 287 g/mol. The van der Waals surface area contributed by atoms with Crippen LogP contribution in [0.1, 0.15) is 31.7 Å². The summed E-state index contributed by atoms with van der Waals surface area (Å²) in [6.45, 7) is 0. The van der Waals surface area contributed by atoms with Gasteiger partial charge in [0, 0.05) is 12.1 Å². The van der Waals surface area contributed by atoms with Gasteiger partial charge in [0.25, 0.3) is 0 Å². The lowest BCUT2D eigenvalue weighted by Gasteiger charge is -2.27. The minimum atomic E-state index is -0.448. The monoisotopic (exact) mass is 300 g/mol. The Morgan fingerprint density at radius 2 is 2.00 bits per heavy atom. The maximum atomic E-state index is 13.5. The molecule has 0 radical (unpaired) electrons. The maximum Gasteiger partial charge on any atom is 0.178 e. The molecule has 1 aromatic carbocycles. The Morgan fingerprint density at radius 3 is 2.68 bits per heavy atom. The SMILES string of the molecule is OC1CCC(n2c(=S)[nH]c3cc(F)c(Cl)cc32)CC1. The van der Waals surface area contributed by atoms with Crippen molar-refractivity contribution < 1.29 is 9.50 Å². The first-order valence-corrected chi connectivity index (χ1v) is 7.12. The smallest absolute Gasteiger partial charge is 0.178 e. The molecule has 102 valence electrons. The van der Waals surface area contributed by atoms with Crippen molar-refractivity contribution in [3.8, 4) is 0 Å². The largest absolute Gasteiger partial charge is 0.393 e. The number of aromatic amines is 1. The van der Waals surface area contributed by atoms with Gasteiger partial charge in [-0.15, -0.1) is 0 Å². The number of aliphatic hydroxyl groups excluding tert-OH is 1. The zero-order valence-corrected chi connectivity index (χ0v) is 11.8. The van der Waals surface area contributed by atoms with Crippen LogP contribution in [0, 0.1) is 10.6 Å². The molecule has 0 bridgehead atoms. The zero-order chi connectivity index (χ0) is 13.6. The number of benzene rings is 1. The highest BCUT2D eigenvalue weighted by molar-refractivity contribution is 7.71. The van der Waals surface area contributed by atoms with E-state index in [1.807, 2.05) is 4.57 Å². The Morgan fingerprint density at radius 1 is 1.32 bits per heavy atom. The van der Waals surface area contributed by atoms with Crippen LogP contribution >= 0.6 is 23.8 Å². The van der Waals surface area contributed by atoms with Crippen LogP contribution in [-0.4, -0.2) is 20.8 Å². The molecule has 1 aliphatic rings. The lowest BCUT2D eigenvalue weighted by Crippen LogP contribution is -2.21. The van der Waals surface area contributed by atoms with Crippen LogP contribution in [0.2, 0.25) is 5.02 Å². The van der Waals surface area contributed by atoms with Gasteiger partial charge in [-0.2, -0.15) is 0 Å². The minimum Gasteiger partial charge on any atom is -0.393 e. The molecule has 0 atom stereocenters. The molecule has 19 heavy (non-hydrogen) atoms. The minimum absolute atomic E-state index is 0.103. The van der Waals surface area contributed by atoms with Gasteiger partial charge in [0.05, 0.1) is 22.2 Å². The number of fused-ring (bicyclic) bond motifs is 1. The Balaban J connectivity index is 2.10. The van der Waals surface area contributed by atoms with Crippen molar-refractivity contribution in [1.29, 1.82) is 0 Å². The fourth-order valence-corrected chi connectivity index (χ4v) is 3.31. The van der Waals surface area contributed by atoms with Gasteiger partial charge in [-0.3, -0.25) is 0 Å². The number of aliphatic hydroxyl groups is 1. The number of nitrogens with zero attached hydrogens (tertiary/aromatic N) is 1. The summed E-state index contributed by atoms with van der Waals surface area (Å²) in [7, 11) is 0. The van der Waals surface area contributed by atoms with E-state index >= 15 is 0 Å². The number of nitrogens with one attached hydrogen (secondary N) is 1. The Hall–Kier alpha value is -0.910. The van der Waals surface area contributed by atoms with Crippen LogP contribution in [0.25, 0.3) is 11.0 Å². The van der Waals surface area contributed by atoms with E-state index in [1.165, 1.54) is 6.07 Å². The topological polar surface area (TPSA) is 41.0 Å². The van der Waals surface area contributed by atoms with Gasteiger partial charge in [-0.1, -0.05) is 11.6 Å². The zero-order valence-electron chi connectivity index (χ0n) is 10.2. The van der Waals surface area contributed by atoms with Crippen molar-refractivity contribution in [2.75, 3.05) is 0 Å². The number of halogens is 2. The Kier molecular flexibility index (Phi) is 3.37. The molecule has 1 heterocycles. The summed E-state index contributed by atoms with van der Waals surface area (Å²) in [4.78, 5) is 3.02. The number of hydrogen-bond acceptors (Lipinski definition) is 2. The second-order valence-electron chi connectivity index (χ2n) is 5.05. The molecule has 0 amide bonds. The predicted molar refractivity (Wildman–Crippen MR) is 75.6 cm³/mol. The van der Waals surface area contributed by atoms with Gasteiger partial charge in [-0.05, 0) is 44.0 Å². The van der Waals surface area contributed by atoms with Crippen LogP contribution in [-0.2, 0) is 0 Å². The maximum absolute atomic E-state index is 13.5. The van der Waals surface area contributed by atoms with E-state index in [-0.39, 0.29) is 17.2 Å². The second-order valence-corrected chi connectivity index (χ2v) is 5.84. The number of hydrogen-bond donors (Lipinski definition) is 2. The van der Waals surface area contributed by atoms with Gasteiger partial charge < -0.3 is 14.7 Å². The molecule has 0 spiro atoms. The molecule has 1 aromatic heterocycles. The predicted octanol–water partition coefficient (Wildman–Crippen LogP) is 3.97. The van der Waals surface area contributed by atoms with E-state index in [9.17, 15) is 9.50 Å². The number of imidazole rings is 1. The van der Waals surface area contributed by atoms with E-state index in [0.717, 1.165) is 31.2 Å². The van der Waals surface area contributed by atoms with Crippen molar-refractivity contribution in [2.45, 2.75) is 37.8 Å². The number of aromatic nitrogens is 2. The first-order chi connectivity index (χ1) is 9.06. The third-order valence-electron chi connectivity index (χ3n) is 3.79. The second kappa shape index (κ2) is 4.89. The van der Waals surface area contributed by atoms with Gasteiger partial charge in [0.2, 0.25) is 0 Å². The summed E-state index contributed by atoms with van der Waals surface area (Å²) in [6.07, 6.45) is 3.08. The van der Waals surface area contributed by atoms with Crippen molar-refractivity contribution in [1.82, 2.24) is 9.55 Å². The number of rotatable bonds is 1. The van der Waals surface area contributed by atoms with Crippen LogP contribution < -0.4 is 0 Å². The summed E-state index contributed by atoms with van der Waals surface area (Å²) in [5, 5.41) is 9.68. The van der Waals surface area contributed by atoms with E-state index in [2.05, 4.69) is 4.98 Å².